The molecule has 0 unspecified atom stereocenters. The van der Waals surface area contributed by atoms with Crippen molar-refractivity contribution >= 4 is 33.4 Å². The molecule has 4 nitrogen and oxygen atoms in total. The number of carbonyl (C=O) groups is 2. The Bertz CT molecular complexity index is 730. The SMILES string of the molecule is CC1(C)C[C@H]2C[C@](C)(CN2[C@@H]2CC(=O)N(c3ccc(Br)cc3)C2=O)C1. The monoisotopic (exact) mass is 404 g/mol. The van der Waals surface area contributed by atoms with Gasteiger partial charge in [0.15, 0.2) is 0 Å². The molecule has 5 heteroatoms. The van der Waals surface area contributed by atoms with Gasteiger partial charge in [-0.25, -0.2) is 4.90 Å². The summed E-state index contributed by atoms with van der Waals surface area (Å²) in [5.41, 5.74) is 1.25. The molecular weight excluding hydrogens is 380 g/mol. The summed E-state index contributed by atoms with van der Waals surface area (Å²) in [6.07, 6.45) is 3.76. The number of nitrogens with zero attached hydrogens (tertiary/aromatic N) is 2. The largest absolute Gasteiger partial charge is 0.288 e. The van der Waals surface area contributed by atoms with Crippen molar-refractivity contribution in [3.8, 4) is 0 Å². The van der Waals surface area contributed by atoms with Gasteiger partial charge in [-0.05, 0) is 54.4 Å². The van der Waals surface area contributed by atoms with Crippen molar-refractivity contribution in [2.45, 2.75) is 58.5 Å². The van der Waals surface area contributed by atoms with Crippen LogP contribution in [0.4, 0.5) is 5.69 Å². The first-order valence-corrected chi connectivity index (χ1v) is 9.85. The molecule has 2 bridgehead atoms. The molecule has 1 saturated carbocycles. The van der Waals surface area contributed by atoms with E-state index in [4.69, 9.17) is 0 Å². The van der Waals surface area contributed by atoms with Gasteiger partial charge in [0.25, 0.3) is 5.91 Å². The fraction of sp³-hybridized carbons (Fsp3) is 0.600. The van der Waals surface area contributed by atoms with E-state index in [1.807, 2.05) is 24.3 Å². The van der Waals surface area contributed by atoms with Crippen LogP contribution in [0.25, 0.3) is 0 Å². The van der Waals surface area contributed by atoms with E-state index in [1.54, 1.807) is 0 Å². The fourth-order valence-electron chi connectivity index (χ4n) is 5.60. The van der Waals surface area contributed by atoms with E-state index in [0.29, 0.717) is 23.6 Å². The highest BCUT2D eigenvalue weighted by Gasteiger charge is 2.54. The van der Waals surface area contributed by atoms with E-state index in [0.717, 1.165) is 23.9 Å². The molecule has 0 N–H and O–H groups in total. The van der Waals surface area contributed by atoms with Crippen LogP contribution in [0.5, 0.6) is 0 Å². The Kier molecular flexibility index (Phi) is 3.89. The minimum absolute atomic E-state index is 0.0544. The highest BCUT2D eigenvalue weighted by atomic mass is 79.9. The molecule has 25 heavy (non-hydrogen) atoms. The first-order chi connectivity index (χ1) is 11.7. The lowest BCUT2D eigenvalue weighted by Gasteiger charge is -2.40. The Morgan fingerprint density at radius 3 is 2.44 bits per heavy atom. The van der Waals surface area contributed by atoms with Gasteiger partial charge in [-0.2, -0.15) is 0 Å². The maximum absolute atomic E-state index is 13.1. The molecule has 2 amide bonds. The predicted octanol–water partition coefficient (Wildman–Crippen LogP) is 3.98. The molecule has 134 valence electrons. The second-order valence-corrected chi connectivity index (χ2v) is 10.1. The van der Waals surface area contributed by atoms with E-state index >= 15 is 0 Å². The van der Waals surface area contributed by atoms with Gasteiger partial charge >= 0.3 is 0 Å². The van der Waals surface area contributed by atoms with Gasteiger partial charge in [-0.15, -0.1) is 0 Å². The zero-order valence-electron chi connectivity index (χ0n) is 15.1. The number of imide groups is 1. The zero-order chi connectivity index (χ0) is 18.0. The van der Waals surface area contributed by atoms with Crippen LogP contribution in [-0.4, -0.2) is 35.3 Å². The van der Waals surface area contributed by atoms with E-state index in [2.05, 4.69) is 41.6 Å². The molecule has 0 spiro atoms. The molecular formula is C20H25BrN2O2. The van der Waals surface area contributed by atoms with Gasteiger partial charge in [0.2, 0.25) is 5.91 Å². The van der Waals surface area contributed by atoms with Gasteiger partial charge in [-0.3, -0.25) is 14.5 Å². The van der Waals surface area contributed by atoms with Crippen LogP contribution in [0.1, 0.15) is 46.5 Å². The first-order valence-electron chi connectivity index (χ1n) is 9.06. The Morgan fingerprint density at radius 1 is 1.08 bits per heavy atom. The maximum atomic E-state index is 13.1. The lowest BCUT2D eigenvalue weighted by Crippen LogP contribution is -2.45. The molecule has 1 aliphatic carbocycles. The number of rotatable bonds is 2. The van der Waals surface area contributed by atoms with Crippen LogP contribution in [0.3, 0.4) is 0 Å². The van der Waals surface area contributed by atoms with Gasteiger partial charge in [0, 0.05) is 17.1 Å². The summed E-state index contributed by atoms with van der Waals surface area (Å²) in [6, 6.07) is 7.52. The Balaban J connectivity index is 1.59. The van der Waals surface area contributed by atoms with Crippen molar-refractivity contribution in [1.82, 2.24) is 4.90 Å². The summed E-state index contributed by atoms with van der Waals surface area (Å²) >= 11 is 3.40. The van der Waals surface area contributed by atoms with Crippen LogP contribution in [0.15, 0.2) is 28.7 Å². The van der Waals surface area contributed by atoms with Crippen molar-refractivity contribution in [3.05, 3.63) is 28.7 Å². The number of benzene rings is 1. The van der Waals surface area contributed by atoms with Crippen molar-refractivity contribution in [2.24, 2.45) is 10.8 Å². The zero-order valence-corrected chi connectivity index (χ0v) is 16.7. The summed E-state index contributed by atoms with van der Waals surface area (Å²) in [5.74, 6) is -0.135. The summed E-state index contributed by atoms with van der Waals surface area (Å²) in [4.78, 5) is 29.4. The van der Waals surface area contributed by atoms with Crippen LogP contribution in [0, 0.1) is 10.8 Å². The Labute approximate surface area is 157 Å². The number of hydrogen-bond acceptors (Lipinski definition) is 3. The van der Waals surface area contributed by atoms with E-state index < -0.39 is 0 Å². The number of fused-ring (bicyclic) bond motifs is 2. The predicted molar refractivity (Wildman–Crippen MR) is 101 cm³/mol. The third-order valence-electron chi connectivity index (χ3n) is 6.06. The number of hydrogen-bond donors (Lipinski definition) is 0. The average molecular weight is 405 g/mol. The highest BCUT2D eigenvalue weighted by Crippen LogP contribution is 2.53. The topological polar surface area (TPSA) is 40.6 Å². The molecule has 4 rings (SSSR count). The number of anilines is 1. The summed E-state index contributed by atoms with van der Waals surface area (Å²) < 4.78 is 0.940. The standard InChI is InChI=1S/C20H25BrN2O2/c1-19(2)9-15-10-20(3,11-19)12-22(15)16-8-17(24)23(18(16)25)14-6-4-13(21)5-7-14/h4-7,15-16H,8-12H2,1-3H3/t15-,16+,20-/m0/s1. The average Bonchev–Trinajstić information content (AvgIpc) is 2.92. The van der Waals surface area contributed by atoms with Gasteiger partial charge in [-0.1, -0.05) is 36.7 Å². The second-order valence-electron chi connectivity index (χ2n) is 9.15. The van der Waals surface area contributed by atoms with Crippen LogP contribution < -0.4 is 4.90 Å². The number of halogens is 1. The minimum atomic E-state index is -0.295. The van der Waals surface area contributed by atoms with Crippen LogP contribution in [-0.2, 0) is 9.59 Å². The molecule has 2 aliphatic heterocycles. The third kappa shape index (κ3) is 2.95. The smallest absolute Gasteiger partial charge is 0.251 e. The van der Waals surface area contributed by atoms with Crippen molar-refractivity contribution in [2.75, 3.05) is 11.4 Å². The quantitative estimate of drug-likeness (QED) is 0.699. The van der Waals surface area contributed by atoms with E-state index in [-0.39, 0.29) is 23.3 Å². The first kappa shape index (κ1) is 17.2. The Morgan fingerprint density at radius 2 is 1.76 bits per heavy atom. The molecule has 2 saturated heterocycles. The Hall–Kier alpha value is -1.20. The van der Waals surface area contributed by atoms with Crippen molar-refractivity contribution in [3.63, 3.8) is 0 Å². The molecule has 3 aliphatic rings. The normalized spacial score (nSPS) is 34.8. The number of carbonyl (C=O) groups excluding carboxylic acids is 2. The van der Waals surface area contributed by atoms with Gasteiger partial charge < -0.3 is 0 Å². The summed E-state index contributed by atoms with van der Waals surface area (Å²) in [7, 11) is 0. The lowest BCUT2D eigenvalue weighted by atomic mass is 9.65. The van der Waals surface area contributed by atoms with Crippen molar-refractivity contribution < 1.29 is 9.59 Å². The van der Waals surface area contributed by atoms with Crippen LogP contribution >= 0.6 is 15.9 Å². The van der Waals surface area contributed by atoms with E-state index in [1.165, 1.54) is 11.3 Å². The maximum Gasteiger partial charge on any atom is 0.251 e. The van der Waals surface area contributed by atoms with Crippen LogP contribution in [0.2, 0.25) is 0 Å². The van der Waals surface area contributed by atoms with E-state index in [9.17, 15) is 9.59 Å². The van der Waals surface area contributed by atoms with Gasteiger partial charge in [0.1, 0.15) is 0 Å². The number of amides is 2. The fourth-order valence-corrected chi connectivity index (χ4v) is 5.87. The molecule has 3 fully saturated rings. The molecule has 2 heterocycles. The minimum Gasteiger partial charge on any atom is -0.288 e. The summed E-state index contributed by atoms with van der Waals surface area (Å²) in [6.45, 7) is 7.93. The molecule has 3 atom stereocenters. The molecule has 1 aromatic carbocycles. The number of likely N-dealkylation sites (tertiary alicyclic amines) is 1. The van der Waals surface area contributed by atoms with Crippen molar-refractivity contribution in [1.29, 1.82) is 0 Å². The molecule has 1 aromatic rings. The second kappa shape index (κ2) is 5.65. The molecule has 0 radical (unpaired) electrons. The lowest BCUT2D eigenvalue weighted by molar-refractivity contribution is -0.123. The highest BCUT2D eigenvalue weighted by molar-refractivity contribution is 9.10. The van der Waals surface area contributed by atoms with Gasteiger partial charge in [0.05, 0.1) is 18.2 Å². The third-order valence-corrected chi connectivity index (χ3v) is 6.59. The molecule has 0 aromatic heterocycles. The summed E-state index contributed by atoms with van der Waals surface area (Å²) in [5, 5.41) is 0.